The Morgan fingerprint density at radius 2 is 1.85 bits per heavy atom. The van der Waals surface area contributed by atoms with E-state index in [4.69, 9.17) is 5.26 Å². The molecule has 0 saturated carbocycles. The van der Waals surface area contributed by atoms with Crippen LogP contribution in [0.3, 0.4) is 0 Å². The first-order valence-corrected chi connectivity index (χ1v) is 6.42. The van der Waals surface area contributed by atoms with Crippen LogP contribution in [0.5, 0.6) is 0 Å². The number of aromatic nitrogens is 2. The van der Waals surface area contributed by atoms with E-state index in [1.807, 2.05) is 6.07 Å². The fourth-order valence-electron chi connectivity index (χ4n) is 1.91. The summed E-state index contributed by atoms with van der Waals surface area (Å²) in [5.74, 6) is 1.38. The second-order valence-corrected chi connectivity index (χ2v) is 4.58. The van der Waals surface area contributed by atoms with E-state index in [1.165, 1.54) is 23.0 Å². The lowest BCUT2D eigenvalue weighted by atomic mass is 10.1. The fraction of sp³-hybridized carbons (Fsp3) is 0.267. The maximum atomic E-state index is 8.53. The van der Waals surface area contributed by atoms with Gasteiger partial charge in [-0.2, -0.15) is 5.26 Å². The molecule has 2 aromatic rings. The number of hydrogen-bond acceptors (Lipinski definition) is 5. The minimum atomic E-state index is 0.230. The average Bonchev–Trinajstić information content (AvgIpc) is 2.45. The van der Waals surface area contributed by atoms with Gasteiger partial charge in [-0.25, -0.2) is 9.97 Å². The summed E-state index contributed by atoms with van der Waals surface area (Å²) in [6.45, 7) is 5.13. The molecule has 0 bridgehead atoms. The molecule has 0 aliphatic rings. The monoisotopic (exact) mass is 267 g/mol. The number of nitrogens with zero attached hydrogens (tertiary/aromatic N) is 3. The summed E-state index contributed by atoms with van der Waals surface area (Å²) in [5.41, 5.74) is 3.76. The highest BCUT2D eigenvalue weighted by Crippen LogP contribution is 2.14. The van der Waals surface area contributed by atoms with Crippen LogP contribution in [0, 0.1) is 25.2 Å². The van der Waals surface area contributed by atoms with Gasteiger partial charge in [-0.05, 0) is 25.0 Å². The van der Waals surface area contributed by atoms with Crippen LogP contribution in [0.1, 0.15) is 16.7 Å². The molecule has 1 aromatic carbocycles. The summed E-state index contributed by atoms with van der Waals surface area (Å²) in [5, 5.41) is 14.7. The summed E-state index contributed by atoms with van der Waals surface area (Å²) in [6.07, 6.45) is 1.48. The Morgan fingerprint density at radius 1 is 1.10 bits per heavy atom. The van der Waals surface area contributed by atoms with Gasteiger partial charge in [0.1, 0.15) is 24.5 Å². The Labute approximate surface area is 118 Å². The second kappa shape index (κ2) is 6.53. The van der Waals surface area contributed by atoms with Crippen LogP contribution >= 0.6 is 0 Å². The van der Waals surface area contributed by atoms with Crippen LogP contribution in [0.2, 0.25) is 0 Å². The minimum Gasteiger partial charge on any atom is -0.366 e. The number of rotatable bonds is 5. The van der Waals surface area contributed by atoms with Crippen molar-refractivity contribution in [2.24, 2.45) is 0 Å². The Morgan fingerprint density at radius 3 is 2.55 bits per heavy atom. The van der Waals surface area contributed by atoms with Crippen LogP contribution in [0.25, 0.3) is 0 Å². The molecule has 2 rings (SSSR count). The van der Waals surface area contributed by atoms with Crippen LogP contribution in [0.4, 0.5) is 11.6 Å². The highest BCUT2D eigenvalue weighted by molar-refractivity contribution is 5.47. The van der Waals surface area contributed by atoms with Crippen molar-refractivity contribution >= 4 is 11.6 Å². The first-order valence-electron chi connectivity index (χ1n) is 6.42. The smallest absolute Gasteiger partial charge is 0.132 e. The molecule has 0 atom stereocenters. The third-order valence-electron chi connectivity index (χ3n) is 2.97. The number of benzene rings is 1. The molecule has 0 saturated heterocycles. The molecule has 0 fully saturated rings. The number of nitriles is 1. The van der Waals surface area contributed by atoms with E-state index in [2.05, 4.69) is 52.6 Å². The number of aryl methyl sites for hydroxylation is 2. The molecule has 0 amide bonds. The summed E-state index contributed by atoms with van der Waals surface area (Å²) in [7, 11) is 0. The van der Waals surface area contributed by atoms with Crippen LogP contribution in [0.15, 0.2) is 30.6 Å². The van der Waals surface area contributed by atoms with E-state index < -0.39 is 0 Å². The van der Waals surface area contributed by atoms with E-state index >= 15 is 0 Å². The normalized spacial score (nSPS) is 9.85. The Hall–Kier alpha value is -2.61. The predicted octanol–water partition coefficient (Wildman–Crippen LogP) is 2.64. The van der Waals surface area contributed by atoms with E-state index in [-0.39, 0.29) is 6.54 Å². The molecule has 102 valence electrons. The van der Waals surface area contributed by atoms with Crippen molar-refractivity contribution < 1.29 is 0 Å². The van der Waals surface area contributed by atoms with Crippen molar-refractivity contribution in [1.29, 1.82) is 5.26 Å². The van der Waals surface area contributed by atoms with Gasteiger partial charge in [-0.1, -0.05) is 23.8 Å². The molecular formula is C15H17N5. The van der Waals surface area contributed by atoms with Gasteiger partial charge >= 0.3 is 0 Å². The molecule has 5 heteroatoms. The molecular weight excluding hydrogens is 250 g/mol. The number of anilines is 2. The summed E-state index contributed by atoms with van der Waals surface area (Å²) in [4.78, 5) is 8.21. The van der Waals surface area contributed by atoms with E-state index in [9.17, 15) is 0 Å². The lowest BCUT2D eigenvalue weighted by Gasteiger charge is -2.10. The first kappa shape index (κ1) is 13.8. The van der Waals surface area contributed by atoms with Gasteiger partial charge in [0.2, 0.25) is 0 Å². The zero-order valence-electron chi connectivity index (χ0n) is 11.6. The van der Waals surface area contributed by atoms with Crippen LogP contribution in [-0.2, 0) is 6.54 Å². The summed E-state index contributed by atoms with van der Waals surface area (Å²) in [6, 6.07) is 10.2. The van der Waals surface area contributed by atoms with Crippen LogP contribution in [-0.4, -0.2) is 16.5 Å². The Balaban J connectivity index is 2.01. The van der Waals surface area contributed by atoms with E-state index in [1.54, 1.807) is 6.07 Å². The van der Waals surface area contributed by atoms with Crippen molar-refractivity contribution in [1.82, 2.24) is 9.97 Å². The molecule has 2 N–H and O–H groups in total. The fourth-order valence-corrected chi connectivity index (χ4v) is 1.91. The van der Waals surface area contributed by atoms with Crippen LogP contribution < -0.4 is 10.6 Å². The quantitative estimate of drug-likeness (QED) is 0.815. The number of hydrogen-bond donors (Lipinski definition) is 2. The standard InChI is InChI=1S/C15H17N5/c1-11-3-4-13(12(2)7-11)9-18-15-8-14(17-6-5-16)19-10-20-15/h3-4,7-8,10H,6,9H2,1-2H3,(H2,17,18,19,20). The molecule has 0 aliphatic heterocycles. The zero-order valence-corrected chi connectivity index (χ0v) is 11.6. The summed E-state index contributed by atoms with van der Waals surface area (Å²) >= 11 is 0. The van der Waals surface area contributed by atoms with Gasteiger partial charge in [0.25, 0.3) is 0 Å². The topological polar surface area (TPSA) is 73.6 Å². The predicted molar refractivity (Wildman–Crippen MR) is 79.4 cm³/mol. The molecule has 1 aromatic heterocycles. The van der Waals surface area contributed by atoms with E-state index in [0.717, 1.165) is 5.82 Å². The highest BCUT2D eigenvalue weighted by Gasteiger charge is 2.01. The molecule has 0 aliphatic carbocycles. The highest BCUT2D eigenvalue weighted by atomic mass is 15.1. The molecule has 1 heterocycles. The van der Waals surface area contributed by atoms with Crippen molar-refractivity contribution in [3.8, 4) is 6.07 Å². The van der Waals surface area contributed by atoms with E-state index in [0.29, 0.717) is 12.4 Å². The molecule has 20 heavy (non-hydrogen) atoms. The Bertz CT molecular complexity index is 630. The summed E-state index contributed by atoms with van der Waals surface area (Å²) < 4.78 is 0. The molecule has 0 unspecified atom stereocenters. The SMILES string of the molecule is Cc1ccc(CNc2cc(NCC#N)ncn2)c(C)c1. The van der Waals surface area contributed by atoms with Crippen molar-refractivity contribution in [2.45, 2.75) is 20.4 Å². The van der Waals surface area contributed by atoms with Crippen molar-refractivity contribution in [2.75, 3.05) is 17.2 Å². The van der Waals surface area contributed by atoms with Gasteiger partial charge in [-0.15, -0.1) is 0 Å². The van der Waals surface area contributed by atoms with Gasteiger partial charge < -0.3 is 10.6 Å². The van der Waals surface area contributed by atoms with Gasteiger partial charge in [-0.3, -0.25) is 0 Å². The first-order chi connectivity index (χ1) is 9.69. The van der Waals surface area contributed by atoms with Gasteiger partial charge in [0.05, 0.1) is 6.07 Å². The zero-order chi connectivity index (χ0) is 14.4. The lowest BCUT2D eigenvalue weighted by Crippen LogP contribution is -2.06. The minimum absolute atomic E-state index is 0.230. The third kappa shape index (κ3) is 3.69. The maximum Gasteiger partial charge on any atom is 0.132 e. The molecule has 5 nitrogen and oxygen atoms in total. The molecule has 0 radical (unpaired) electrons. The Kier molecular flexibility index (Phi) is 4.51. The van der Waals surface area contributed by atoms with Gasteiger partial charge in [0.15, 0.2) is 0 Å². The largest absolute Gasteiger partial charge is 0.366 e. The molecule has 0 spiro atoms. The van der Waals surface area contributed by atoms with Gasteiger partial charge in [0, 0.05) is 12.6 Å². The average molecular weight is 267 g/mol. The lowest BCUT2D eigenvalue weighted by molar-refractivity contribution is 1.06. The number of nitrogens with one attached hydrogen (secondary N) is 2. The third-order valence-corrected chi connectivity index (χ3v) is 2.97. The van der Waals surface area contributed by atoms with Crippen molar-refractivity contribution in [3.63, 3.8) is 0 Å². The second-order valence-electron chi connectivity index (χ2n) is 4.58. The van der Waals surface area contributed by atoms with Crippen molar-refractivity contribution in [3.05, 3.63) is 47.3 Å². The maximum absolute atomic E-state index is 8.53.